The van der Waals surface area contributed by atoms with Crippen LogP contribution in [0.25, 0.3) is 11.0 Å². The van der Waals surface area contributed by atoms with E-state index in [1.54, 1.807) is 42.5 Å². The molecule has 1 atom stereocenters. The number of anilines is 2. The lowest BCUT2D eigenvalue weighted by atomic mass is 10.1. The average molecular weight is 463 g/mol. The molecule has 2 aliphatic heterocycles. The molecule has 5 rings (SSSR count). The van der Waals surface area contributed by atoms with Crippen LogP contribution in [-0.2, 0) is 16.1 Å². The highest BCUT2D eigenvalue weighted by Crippen LogP contribution is 2.33. The number of hydrogen-bond acceptors (Lipinski definition) is 8. The van der Waals surface area contributed by atoms with E-state index in [0.29, 0.717) is 36.1 Å². The smallest absolute Gasteiger partial charge is 0.414 e. The van der Waals surface area contributed by atoms with Crippen LogP contribution < -0.4 is 25.0 Å². The molecule has 4 heterocycles. The number of pyridine rings is 2. The van der Waals surface area contributed by atoms with Gasteiger partial charge in [-0.05, 0) is 55.3 Å². The topological polar surface area (TPSA) is 115 Å². The van der Waals surface area contributed by atoms with Crippen LogP contribution in [0.5, 0.6) is 11.6 Å². The summed E-state index contributed by atoms with van der Waals surface area (Å²) >= 11 is 0. The highest BCUT2D eigenvalue weighted by Gasteiger charge is 2.32. The molecule has 1 aromatic carbocycles. The summed E-state index contributed by atoms with van der Waals surface area (Å²) in [5, 5.41) is 6.19. The Bertz CT molecular complexity index is 1230. The highest BCUT2D eigenvalue weighted by atomic mass is 16.6. The van der Waals surface area contributed by atoms with Gasteiger partial charge in [0.05, 0.1) is 30.4 Å². The molecule has 0 saturated carbocycles. The number of ether oxygens (including phenoxy) is 3. The van der Waals surface area contributed by atoms with Crippen LogP contribution in [-0.4, -0.2) is 54.9 Å². The number of carbonyl (C=O) groups excluding carboxylic acids is 2. The van der Waals surface area contributed by atoms with Gasteiger partial charge in [0.1, 0.15) is 11.9 Å². The number of amides is 2. The quantitative estimate of drug-likeness (QED) is 0.490. The molecule has 2 amide bonds. The number of hydrogen-bond donors (Lipinski definition) is 2. The lowest BCUT2D eigenvalue weighted by Crippen LogP contribution is -2.27. The first-order valence-corrected chi connectivity index (χ1v) is 11.1. The lowest BCUT2D eigenvalue weighted by Gasteiger charge is -2.20. The number of methoxy groups -OCH3 is 1. The summed E-state index contributed by atoms with van der Waals surface area (Å²) in [6.07, 6.45) is 2.79. The second kappa shape index (κ2) is 9.52. The molecule has 1 saturated heterocycles. The molecular weight excluding hydrogens is 438 g/mol. The Labute approximate surface area is 196 Å². The third kappa shape index (κ3) is 4.58. The molecule has 3 aromatic rings. The Morgan fingerprint density at radius 2 is 2.15 bits per heavy atom. The van der Waals surface area contributed by atoms with Crippen LogP contribution in [0.4, 0.5) is 16.2 Å². The largest absolute Gasteiger partial charge is 0.482 e. The molecule has 0 unspecified atom stereocenters. The second-order valence-corrected chi connectivity index (χ2v) is 8.14. The van der Waals surface area contributed by atoms with Crippen molar-refractivity contribution in [3.05, 3.63) is 48.2 Å². The molecule has 0 spiro atoms. The number of rotatable bonds is 8. The number of cyclic esters (lactones) is 1. The zero-order valence-electron chi connectivity index (χ0n) is 18.7. The Hall–Kier alpha value is -3.92. The Morgan fingerprint density at radius 1 is 1.24 bits per heavy atom. The third-order valence-corrected chi connectivity index (χ3v) is 5.83. The summed E-state index contributed by atoms with van der Waals surface area (Å²) in [5.41, 5.74) is 3.92. The maximum absolute atomic E-state index is 12.4. The molecule has 2 N–H and O–H groups in total. The summed E-state index contributed by atoms with van der Waals surface area (Å²) in [6.45, 7) is 1.88. The standard InChI is InChI=1S/C24H25N5O5/c1-32-22-7-5-18-23(28-22)15(8-10-26-18)12-25-9-2-3-17-13-29(24(31)34-17)16-4-6-20-19(11-16)27-21(30)14-33-20/h4-8,10-11,17,25H,2-3,9,12-14H2,1H3,(H,27,30)/t17-/m0/s1. The Kier molecular flexibility index (Phi) is 6.13. The summed E-state index contributed by atoms with van der Waals surface area (Å²) in [6, 6.07) is 10.9. The minimum absolute atomic E-state index is 0.00367. The second-order valence-electron chi connectivity index (χ2n) is 8.14. The van der Waals surface area contributed by atoms with E-state index in [0.717, 1.165) is 36.0 Å². The van der Waals surface area contributed by atoms with Gasteiger partial charge in [-0.2, -0.15) is 0 Å². The van der Waals surface area contributed by atoms with Crippen molar-refractivity contribution < 1.29 is 23.8 Å². The molecule has 0 radical (unpaired) electrons. The number of nitrogens with zero attached hydrogens (tertiary/aromatic N) is 3. The van der Waals surface area contributed by atoms with Crippen molar-refractivity contribution in [1.82, 2.24) is 15.3 Å². The van der Waals surface area contributed by atoms with Crippen molar-refractivity contribution in [2.75, 3.05) is 37.0 Å². The zero-order chi connectivity index (χ0) is 23.5. The Balaban J connectivity index is 1.12. The van der Waals surface area contributed by atoms with E-state index < -0.39 is 0 Å². The SMILES string of the molecule is COc1ccc2nccc(CNCCC[C@H]3CN(c4ccc5c(c4)NC(=O)CO5)C(=O)O3)c2n1. The van der Waals surface area contributed by atoms with Gasteiger partial charge in [-0.1, -0.05) is 0 Å². The van der Waals surface area contributed by atoms with Crippen molar-refractivity contribution in [2.45, 2.75) is 25.5 Å². The van der Waals surface area contributed by atoms with Crippen molar-refractivity contribution in [3.8, 4) is 11.6 Å². The van der Waals surface area contributed by atoms with Gasteiger partial charge in [-0.25, -0.2) is 9.78 Å². The van der Waals surface area contributed by atoms with Gasteiger partial charge in [0, 0.05) is 24.5 Å². The van der Waals surface area contributed by atoms with Crippen LogP contribution in [0.1, 0.15) is 18.4 Å². The highest BCUT2D eigenvalue weighted by molar-refractivity contribution is 5.97. The van der Waals surface area contributed by atoms with E-state index in [-0.39, 0.29) is 24.7 Å². The van der Waals surface area contributed by atoms with Gasteiger partial charge in [-0.15, -0.1) is 0 Å². The van der Waals surface area contributed by atoms with E-state index in [4.69, 9.17) is 14.2 Å². The number of carbonyl (C=O) groups is 2. The summed E-state index contributed by atoms with van der Waals surface area (Å²) < 4.78 is 16.2. The zero-order valence-corrected chi connectivity index (χ0v) is 18.7. The first-order valence-electron chi connectivity index (χ1n) is 11.1. The van der Waals surface area contributed by atoms with Crippen molar-refractivity contribution in [1.29, 1.82) is 0 Å². The molecule has 34 heavy (non-hydrogen) atoms. The van der Waals surface area contributed by atoms with Crippen molar-refractivity contribution in [2.24, 2.45) is 0 Å². The maximum atomic E-state index is 12.4. The fourth-order valence-electron chi connectivity index (χ4n) is 4.12. The van der Waals surface area contributed by atoms with Crippen LogP contribution in [0.3, 0.4) is 0 Å². The third-order valence-electron chi connectivity index (χ3n) is 5.83. The fourth-order valence-corrected chi connectivity index (χ4v) is 4.12. The van der Waals surface area contributed by atoms with Gasteiger partial charge in [0.25, 0.3) is 5.91 Å². The fraction of sp³-hybridized carbons (Fsp3) is 0.333. The summed E-state index contributed by atoms with van der Waals surface area (Å²) in [4.78, 5) is 34.4. The molecule has 2 aliphatic rings. The summed E-state index contributed by atoms with van der Waals surface area (Å²) in [5.74, 6) is 0.936. The predicted molar refractivity (Wildman–Crippen MR) is 125 cm³/mol. The van der Waals surface area contributed by atoms with Crippen LogP contribution >= 0.6 is 0 Å². The molecule has 176 valence electrons. The van der Waals surface area contributed by atoms with Crippen molar-refractivity contribution in [3.63, 3.8) is 0 Å². The van der Waals surface area contributed by atoms with E-state index >= 15 is 0 Å². The number of nitrogens with one attached hydrogen (secondary N) is 2. The predicted octanol–water partition coefficient (Wildman–Crippen LogP) is 2.86. The van der Waals surface area contributed by atoms with E-state index in [9.17, 15) is 9.59 Å². The van der Waals surface area contributed by atoms with E-state index in [1.165, 1.54) is 0 Å². The minimum Gasteiger partial charge on any atom is -0.482 e. The molecule has 10 nitrogen and oxygen atoms in total. The maximum Gasteiger partial charge on any atom is 0.414 e. The molecular formula is C24H25N5O5. The molecule has 2 aromatic heterocycles. The summed E-state index contributed by atoms with van der Waals surface area (Å²) in [7, 11) is 1.59. The van der Waals surface area contributed by atoms with Gasteiger partial charge in [0.2, 0.25) is 5.88 Å². The molecule has 1 fully saturated rings. The van der Waals surface area contributed by atoms with Crippen molar-refractivity contribution >= 4 is 34.4 Å². The first-order chi connectivity index (χ1) is 16.6. The van der Waals surface area contributed by atoms with Crippen LogP contribution in [0.15, 0.2) is 42.6 Å². The van der Waals surface area contributed by atoms with E-state index in [2.05, 4.69) is 20.6 Å². The molecule has 10 heteroatoms. The van der Waals surface area contributed by atoms with Crippen LogP contribution in [0, 0.1) is 0 Å². The normalized spacial score (nSPS) is 17.2. The van der Waals surface area contributed by atoms with Gasteiger partial charge in [0.15, 0.2) is 6.61 Å². The van der Waals surface area contributed by atoms with Gasteiger partial charge < -0.3 is 24.8 Å². The van der Waals surface area contributed by atoms with Gasteiger partial charge >= 0.3 is 6.09 Å². The minimum atomic E-state index is -0.385. The first kappa shape index (κ1) is 21.9. The molecule has 0 aliphatic carbocycles. The number of fused-ring (bicyclic) bond motifs is 2. The lowest BCUT2D eigenvalue weighted by molar-refractivity contribution is -0.118. The van der Waals surface area contributed by atoms with Crippen LogP contribution in [0.2, 0.25) is 0 Å². The van der Waals surface area contributed by atoms with Gasteiger partial charge in [-0.3, -0.25) is 14.7 Å². The number of benzene rings is 1. The molecule has 0 bridgehead atoms. The Morgan fingerprint density at radius 3 is 3.03 bits per heavy atom. The number of aromatic nitrogens is 2. The van der Waals surface area contributed by atoms with E-state index in [1.807, 2.05) is 12.1 Å². The monoisotopic (exact) mass is 463 g/mol. The average Bonchev–Trinajstić information content (AvgIpc) is 3.23.